The predicted octanol–water partition coefficient (Wildman–Crippen LogP) is 4.48. The fourth-order valence-corrected chi connectivity index (χ4v) is 4.10. The maximum Gasteiger partial charge on any atom is 0.410 e. The molecule has 3 rings (SSSR count). The van der Waals surface area contributed by atoms with Crippen LogP contribution >= 0.6 is 0 Å². The molecule has 0 aromatic heterocycles. The number of benzene rings is 2. The van der Waals surface area contributed by atoms with E-state index in [1.165, 1.54) is 4.90 Å². The lowest BCUT2D eigenvalue weighted by atomic mass is 9.96. The summed E-state index contributed by atoms with van der Waals surface area (Å²) in [6, 6.07) is 15.5. The molecule has 0 bridgehead atoms. The van der Waals surface area contributed by atoms with E-state index < -0.39 is 35.5 Å². The van der Waals surface area contributed by atoms with Crippen molar-refractivity contribution in [2.24, 2.45) is 0 Å². The highest BCUT2D eigenvalue weighted by Crippen LogP contribution is 2.19. The van der Waals surface area contributed by atoms with E-state index in [1.54, 1.807) is 41.5 Å². The van der Waals surface area contributed by atoms with Gasteiger partial charge in [0.25, 0.3) is 0 Å². The normalized spacial score (nSPS) is 16.7. The number of rotatable bonds is 8. The lowest BCUT2D eigenvalue weighted by Gasteiger charge is -2.37. The number of nitrogens with one attached hydrogen (secondary N) is 2. The average molecular weight is 540 g/mol. The molecule has 212 valence electrons. The van der Waals surface area contributed by atoms with Crippen LogP contribution in [0.25, 0.3) is 0 Å². The molecule has 1 aliphatic rings. The van der Waals surface area contributed by atoms with Crippen molar-refractivity contribution in [2.75, 3.05) is 19.6 Å². The van der Waals surface area contributed by atoms with Crippen molar-refractivity contribution >= 4 is 18.0 Å². The minimum absolute atomic E-state index is 0.218. The fraction of sp³-hybridized carbons (Fsp3) is 0.500. The molecule has 0 aliphatic carbocycles. The zero-order valence-corrected chi connectivity index (χ0v) is 23.8. The number of nitrogens with zero attached hydrogens (tertiary/aromatic N) is 1. The first-order chi connectivity index (χ1) is 18.3. The quantitative estimate of drug-likeness (QED) is 0.510. The van der Waals surface area contributed by atoms with Crippen LogP contribution < -0.4 is 15.4 Å². The van der Waals surface area contributed by atoms with Crippen molar-refractivity contribution in [1.29, 1.82) is 0 Å². The summed E-state index contributed by atoms with van der Waals surface area (Å²) in [4.78, 5) is 40.9. The van der Waals surface area contributed by atoms with E-state index >= 15 is 0 Å². The topological polar surface area (TPSA) is 106 Å². The van der Waals surface area contributed by atoms with E-state index in [-0.39, 0.29) is 18.7 Å². The highest BCUT2D eigenvalue weighted by molar-refractivity contribution is 5.94. The first kappa shape index (κ1) is 30.0. The van der Waals surface area contributed by atoms with Gasteiger partial charge in [-0.2, -0.15) is 0 Å². The molecule has 0 saturated carbocycles. The van der Waals surface area contributed by atoms with Gasteiger partial charge in [0.15, 0.2) is 5.78 Å². The molecule has 2 aromatic rings. The highest BCUT2D eigenvalue weighted by atomic mass is 16.6. The van der Waals surface area contributed by atoms with Crippen molar-refractivity contribution in [3.05, 3.63) is 65.7 Å². The van der Waals surface area contributed by atoms with Crippen molar-refractivity contribution in [3.8, 4) is 5.75 Å². The number of hydrogen-bond donors (Lipinski definition) is 2. The second-order valence-corrected chi connectivity index (χ2v) is 11.6. The Morgan fingerprint density at radius 3 is 2.18 bits per heavy atom. The lowest BCUT2D eigenvalue weighted by molar-refractivity contribution is -0.127. The summed E-state index contributed by atoms with van der Waals surface area (Å²) in [6.07, 6.45) is -1.04. The summed E-state index contributed by atoms with van der Waals surface area (Å²) in [5.41, 5.74) is 0.451. The van der Waals surface area contributed by atoms with Gasteiger partial charge in [0.2, 0.25) is 0 Å². The Kier molecular flexibility index (Phi) is 9.97. The molecule has 1 aliphatic heterocycles. The van der Waals surface area contributed by atoms with E-state index in [0.29, 0.717) is 25.4 Å². The third kappa shape index (κ3) is 9.90. The Bertz CT molecular complexity index is 1110. The molecular weight excluding hydrogens is 498 g/mol. The number of ether oxygens (including phenoxy) is 3. The Labute approximate surface area is 231 Å². The molecule has 2 N–H and O–H groups in total. The SMILES string of the molecule is CC(C)(C)OC(=O)N[C@@H](Cc1ccc(OCc2ccccc2)cc1)C(=O)C1CNCCN1C(=O)OC(C)(C)C. The monoisotopic (exact) mass is 539 g/mol. The second-order valence-electron chi connectivity index (χ2n) is 11.6. The third-order valence-electron chi connectivity index (χ3n) is 5.85. The number of amides is 2. The summed E-state index contributed by atoms with van der Waals surface area (Å²) < 4.78 is 16.9. The van der Waals surface area contributed by atoms with E-state index in [9.17, 15) is 14.4 Å². The number of carbonyl (C=O) groups is 3. The molecular formula is C30H41N3O6. The molecule has 9 heteroatoms. The summed E-state index contributed by atoms with van der Waals surface area (Å²) in [7, 11) is 0. The summed E-state index contributed by atoms with van der Waals surface area (Å²) in [5.74, 6) is 0.390. The van der Waals surface area contributed by atoms with Gasteiger partial charge in [0.05, 0.1) is 6.04 Å². The van der Waals surface area contributed by atoms with Gasteiger partial charge in [-0.05, 0) is 71.2 Å². The Morgan fingerprint density at radius 2 is 1.56 bits per heavy atom. The molecule has 1 fully saturated rings. The first-order valence-corrected chi connectivity index (χ1v) is 13.3. The average Bonchev–Trinajstić information content (AvgIpc) is 2.86. The van der Waals surface area contributed by atoms with E-state index in [0.717, 1.165) is 11.1 Å². The Balaban J connectivity index is 1.76. The summed E-state index contributed by atoms with van der Waals surface area (Å²) in [6.45, 7) is 12.2. The van der Waals surface area contributed by atoms with Crippen molar-refractivity contribution < 1.29 is 28.6 Å². The Morgan fingerprint density at radius 1 is 0.923 bits per heavy atom. The van der Waals surface area contributed by atoms with Crippen molar-refractivity contribution in [3.63, 3.8) is 0 Å². The van der Waals surface area contributed by atoms with Crippen LogP contribution in [0.1, 0.15) is 52.7 Å². The third-order valence-corrected chi connectivity index (χ3v) is 5.85. The number of Topliss-reactive ketones (excluding diaryl/α,β-unsaturated/α-hetero) is 1. The molecule has 1 unspecified atom stereocenters. The lowest BCUT2D eigenvalue weighted by Crippen LogP contribution is -2.61. The summed E-state index contributed by atoms with van der Waals surface area (Å²) in [5, 5.41) is 5.92. The van der Waals surface area contributed by atoms with Crippen LogP contribution in [0, 0.1) is 0 Å². The van der Waals surface area contributed by atoms with Gasteiger partial charge >= 0.3 is 12.2 Å². The van der Waals surface area contributed by atoms with E-state index in [4.69, 9.17) is 14.2 Å². The van der Waals surface area contributed by atoms with Crippen molar-refractivity contribution in [2.45, 2.75) is 77.9 Å². The first-order valence-electron chi connectivity index (χ1n) is 13.3. The number of ketones is 1. The largest absolute Gasteiger partial charge is 0.489 e. The molecule has 9 nitrogen and oxygen atoms in total. The molecule has 0 radical (unpaired) electrons. The minimum atomic E-state index is -0.925. The van der Waals surface area contributed by atoms with Gasteiger partial charge in [-0.3, -0.25) is 9.69 Å². The van der Waals surface area contributed by atoms with E-state index in [2.05, 4.69) is 10.6 Å². The van der Waals surface area contributed by atoms with Crippen LogP contribution in [0.15, 0.2) is 54.6 Å². The van der Waals surface area contributed by atoms with Crippen LogP contribution in [0.3, 0.4) is 0 Å². The van der Waals surface area contributed by atoms with Gasteiger partial charge < -0.3 is 24.8 Å². The molecule has 1 saturated heterocycles. The van der Waals surface area contributed by atoms with Gasteiger partial charge in [-0.15, -0.1) is 0 Å². The van der Waals surface area contributed by atoms with Gasteiger partial charge in [-0.25, -0.2) is 9.59 Å². The van der Waals surface area contributed by atoms with Crippen LogP contribution in [-0.2, 0) is 27.3 Å². The molecule has 1 heterocycles. The minimum Gasteiger partial charge on any atom is -0.489 e. The number of alkyl carbamates (subject to hydrolysis) is 1. The highest BCUT2D eigenvalue weighted by Gasteiger charge is 2.38. The maximum absolute atomic E-state index is 13.8. The fourth-order valence-electron chi connectivity index (χ4n) is 4.10. The van der Waals surface area contributed by atoms with Crippen LogP contribution in [0.2, 0.25) is 0 Å². The molecule has 2 amide bonds. The second kappa shape index (κ2) is 13.0. The van der Waals surface area contributed by atoms with Gasteiger partial charge in [-0.1, -0.05) is 42.5 Å². The van der Waals surface area contributed by atoms with Crippen LogP contribution in [-0.4, -0.2) is 65.8 Å². The zero-order chi connectivity index (χ0) is 28.6. The van der Waals surface area contributed by atoms with Gasteiger partial charge in [0, 0.05) is 19.6 Å². The zero-order valence-electron chi connectivity index (χ0n) is 23.8. The standard InChI is InChI=1S/C30H41N3O6/c1-29(2,3)38-27(35)32-24(26(34)25-19-31-16-17-33(25)28(36)39-30(4,5)6)18-21-12-14-23(15-13-21)37-20-22-10-8-7-9-11-22/h7-15,24-25,31H,16-20H2,1-6H3,(H,32,35)/t24-,25?/m0/s1. The van der Waals surface area contributed by atoms with Gasteiger partial charge in [0.1, 0.15) is 29.6 Å². The molecule has 0 spiro atoms. The van der Waals surface area contributed by atoms with Crippen molar-refractivity contribution in [1.82, 2.24) is 15.5 Å². The number of carbonyl (C=O) groups excluding carboxylic acids is 3. The molecule has 2 atom stereocenters. The summed E-state index contributed by atoms with van der Waals surface area (Å²) >= 11 is 0. The van der Waals surface area contributed by atoms with E-state index in [1.807, 2.05) is 54.6 Å². The van der Waals surface area contributed by atoms with Crippen LogP contribution in [0.4, 0.5) is 9.59 Å². The number of hydrogen-bond acceptors (Lipinski definition) is 7. The molecule has 2 aromatic carbocycles. The maximum atomic E-state index is 13.8. The number of piperazine rings is 1. The molecule has 39 heavy (non-hydrogen) atoms. The van der Waals surface area contributed by atoms with Crippen LogP contribution in [0.5, 0.6) is 5.75 Å². The Hall–Kier alpha value is -3.59. The smallest absolute Gasteiger partial charge is 0.410 e. The predicted molar refractivity (Wildman–Crippen MR) is 149 cm³/mol.